The van der Waals surface area contributed by atoms with E-state index in [2.05, 4.69) is 10.2 Å². The van der Waals surface area contributed by atoms with Crippen molar-refractivity contribution in [2.24, 2.45) is 0 Å². The van der Waals surface area contributed by atoms with Gasteiger partial charge in [0.2, 0.25) is 12.5 Å². The highest BCUT2D eigenvalue weighted by Gasteiger charge is 2.29. The van der Waals surface area contributed by atoms with Gasteiger partial charge >= 0.3 is 5.97 Å². The molecule has 30 heavy (non-hydrogen) atoms. The van der Waals surface area contributed by atoms with E-state index in [1.165, 1.54) is 14.2 Å². The van der Waals surface area contributed by atoms with Crippen molar-refractivity contribution in [1.29, 1.82) is 0 Å². The number of aromatic nitrogens is 2. The molecule has 0 aliphatic carbocycles. The maximum absolute atomic E-state index is 12.8. The standard InChI is InChI=1S/C22H22N2O6/c1-27-17-9-14(10-18-21(17)30-12-29-18)15(11-19(25)28-2)20-16(23-24-22(20)26)8-13-6-4-3-5-7-13/h3-7,9-10,15H,8,11-12H2,1-2H3,(H2,23,24,26). The summed E-state index contributed by atoms with van der Waals surface area (Å²) in [4.78, 5) is 25.0. The molecule has 0 bridgehead atoms. The van der Waals surface area contributed by atoms with Gasteiger partial charge in [0, 0.05) is 23.6 Å². The summed E-state index contributed by atoms with van der Waals surface area (Å²) in [6.45, 7) is 0.0841. The number of esters is 1. The number of carbonyl (C=O) groups is 1. The highest BCUT2D eigenvalue weighted by Crippen LogP contribution is 2.44. The van der Waals surface area contributed by atoms with Gasteiger partial charge in [-0.25, -0.2) is 0 Å². The minimum atomic E-state index is -0.561. The molecule has 4 rings (SSSR count). The molecule has 156 valence electrons. The molecule has 1 atom stereocenters. The summed E-state index contributed by atoms with van der Waals surface area (Å²) in [5, 5.41) is 5.63. The maximum atomic E-state index is 12.8. The molecule has 0 fully saturated rings. The number of rotatable bonds is 7. The molecule has 2 aromatic carbocycles. The number of ether oxygens (including phenoxy) is 4. The van der Waals surface area contributed by atoms with Crippen LogP contribution in [-0.4, -0.2) is 37.2 Å². The van der Waals surface area contributed by atoms with Crippen molar-refractivity contribution in [3.63, 3.8) is 0 Å². The van der Waals surface area contributed by atoms with E-state index in [4.69, 9.17) is 18.9 Å². The Morgan fingerprint density at radius 1 is 1.13 bits per heavy atom. The van der Waals surface area contributed by atoms with Crippen LogP contribution in [0.1, 0.15) is 34.7 Å². The van der Waals surface area contributed by atoms with Crippen LogP contribution in [0.4, 0.5) is 0 Å². The van der Waals surface area contributed by atoms with Crippen molar-refractivity contribution >= 4 is 5.97 Å². The predicted octanol–water partition coefficient (Wildman–Crippen LogP) is 2.73. The minimum Gasteiger partial charge on any atom is -0.493 e. The molecular weight excluding hydrogens is 388 g/mol. The average molecular weight is 410 g/mol. The molecule has 2 heterocycles. The fraction of sp³-hybridized carbons (Fsp3) is 0.273. The zero-order valence-electron chi connectivity index (χ0n) is 16.7. The quantitative estimate of drug-likeness (QED) is 0.581. The van der Waals surface area contributed by atoms with E-state index < -0.39 is 11.9 Å². The van der Waals surface area contributed by atoms with Crippen LogP contribution in [0.2, 0.25) is 0 Å². The number of H-pyrrole nitrogens is 2. The molecule has 1 unspecified atom stereocenters. The number of benzene rings is 2. The Hall–Kier alpha value is -3.68. The highest BCUT2D eigenvalue weighted by atomic mass is 16.7. The monoisotopic (exact) mass is 410 g/mol. The Kier molecular flexibility index (Phi) is 5.47. The lowest BCUT2D eigenvalue weighted by Gasteiger charge is -2.18. The van der Waals surface area contributed by atoms with Gasteiger partial charge in [0.1, 0.15) is 0 Å². The molecule has 8 heteroatoms. The number of aromatic amines is 2. The normalized spacial score (nSPS) is 13.1. The molecule has 2 N–H and O–H groups in total. The SMILES string of the molecule is COC(=O)CC(c1cc(OC)c2c(c1)OCO2)c1c(Cc2ccccc2)[nH][nH]c1=O. The third-order valence-corrected chi connectivity index (χ3v) is 5.15. The molecule has 0 radical (unpaired) electrons. The predicted molar refractivity (Wildman–Crippen MR) is 108 cm³/mol. The van der Waals surface area contributed by atoms with Crippen LogP contribution >= 0.6 is 0 Å². The summed E-state index contributed by atoms with van der Waals surface area (Å²) in [5.74, 6) is 0.505. The smallest absolute Gasteiger partial charge is 0.306 e. The summed E-state index contributed by atoms with van der Waals surface area (Å²) in [6, 6.07) is 13.3. The Labute approximate surface area is 172 Å². The second kappa shape index (κ2) is 8.36. The molecule has 0 amide bonds. The number of hydrogen-bond acceptors (Lipinski definition) is 6. The van der Waals surface area contributed by atoms with Crippen LogP contribution in [0.3, 0.4) is 0 Å². The van der Waals surface area contributed by atoms with E-state index in [1.54, 1.807) is 12.1 Å². The topological polar surface area (TPSA) is 103 Å². The zero-order valence-corrected chi connectivity index (χ0v) is 16.7. The van der Waals surface area contributed by atoms with Gasteiger partial charge in [-0.2, -0.15) is 0 Å². The number of methoxy groups -OCH3 is 2. The average Bonchev–Trinajstić information content (AvgIpc) is 3.38. The maximum Gasteiger partial charge on any atom is 0.306 e. The van der Waals surface area contributed by atoms with E-state index in [9.17, 15) is 9.59 Å². The summed E-state index contributed by atoms with van der Waals surface area (Å²) >= 11 is 0. The van der Waals surface area contributed by atoms with Crippen LogP contribution in [0.5, 0.6) is 17.2 Å². The minimum absolute atomic E-state index is 0.0119. The fourth-order valence-corrected chi connectivity index (χ4v) is 3.70. The number of hydrogen-bond donors (Lipinski definition) is 2. The lowest BCUT2D eigenvalue weighted by Crippen LogP contribution is -2.18. The van der Waals surface area contributed by atoms with Gasteiger partial charge in [0.25, 0.3) is 5.56 Å². The van der Waals surface area contributed by atoms with Crippen LogP contribution in [-0.2, 0) is 16.0 Å². The fourth-order valence-electron chi connectivity index (χ4n) is 3.70. The van der Waals surface area contributed by atoms with E-state index >= 15 is 0 Å². The van der Waals surface area contributed by atoms with E-state index in [0.29, 0.717) is 40.5 Å². The van der Waals surface area contributed by atoms with Gasteiger partial charge in [-0.1, -0.05) is 30.3 Å². The largest absolute Gasteiger partial charge is 0.493 e. The van der Waals surface area contributed by atoms with Crippen LogP contribution in [0, 0.1) is 0 Å². The Morgan fingerprint density at radius 3 is 2.67 bits per heavy atom. The van der Waals surface area contributed by atoms with E-state index in [1.807, 2.05) is 30.3 Å². The lowest BCUT2D eigenvalue weighted by atomic mass is 9.87. The third-order valence-electron chi connectivity index (χ3n) is 5.15. The molecule has 1 aromatic heterocycles. The third kappa shape index (κ3) is 3.76. The summed E-state index contributed by atoms with van der Waals surface area (Å²) in [7, 11) is 2.85. The first-order valence-electron chi connectivity index (χ1n) is 9.48. The van der Waals surface area contributed by atoms with Gasteiger partial charge in [-0.05, 0) is 23.3 Å². The van der Waals surface area contributed by atoms with Gasteiger partial charge < -0.3 is 24.0 Å². The first kappa shape index (κ1) is 19.6. The van der Waals surface area contributed by atoms with Gasteiger partial charge in [0.15, 0.2) is 11.5 Å². The molecule has 0 spiro atoms. The Morgan fingerprint density at radius 2 is 1.93 bits per heavy atom. The first-order chi connectivity index (χ1) is 14.6. The van der Waals surface area contributed by atoms with Crippen molar-refractivity contribution in [2.45, 2.75) is 18.8 Å². The molecular formula is C22H22N2O6. The van der Waals surface area contributed by atoms with Gasteiger partial charge in [-0.15, -0.1) is 0 Å². The van der Waals surface area contributed by atoms with Crippen LogP contribution < -0.4 is 19.8 Å². The van der Waals surface area contributed by atoms with Crippen molar-refractivity contribution < 1.29 is 23.7 Å². The molecule has 1 aliphatic rings. The summed E-state index contributed by atoms with van der Waals surface area (Å²) in [6.07, 6.45) is 0.496. The van der Waals surface area contributed by atoms with Crippen molar-refractivity contribution in [3.05, 3.63) is 75.2 Å². The van der Waals surface area contributed by atoms with Crippen molar-refractivity contribution in [1.82, 2.24) is 10.2 Å². The second-order valence-corrected chi connectivity index (χ2v) is 6.92. The summed E-state index contributed by atoms with van der Waals surface area (Å²) in [5.41, 5.74) is 2.63. The lowest BCUT2D eigenvalue weighted by molar-refractivity contribution is -0.140. The van der Waals surface area contributed by atoms with Crippen LogP contribution in [0.25, 0.3) is 0 Å². The highest BCUT2D eigenvalue weighted by molar-refractivity contribution is 5.72. The Bertz CT molecular complexity index is 1100. The van der Waals surface area contributed by atoms with E-state index in [0.717, 1.165) is 5.56 Å². The van der Waals surface area contributed by atoms with Gasteiger partial charge in [0.05, 0.1) is 20.6 Å². The van der Waals surface area contributed by atoms with Crippen molar-refractivity contribution in [2.75, 3.05) is 21.0 Å². The number of carbonyl (C=O) groups excluding carboxylic acids is 1. The molecule has 1 aliphatic heterocycles. The van der Waals surface area contributed by atoms with Crippen LogP contribution in [0.15, 0.2) is 47.3 Å². The molecule has 3 aromatic rings. The van der Waals surface area contributed by atoms with E-state index in [-0.39, 0.29) is 18.8 Å². The van der Waals surface area contributed by atoms with Crippen molar-refractivity contribution in [3.8, 4) is 17.2 Å². The number of nitrogens with one attached hydrogen (secondary N) is 2. The second-order valence-electron chi connectivity index (χ2n) is 6.92. The molecule has 8 nitrogen and oxygen atoms in total. The van der Waals surface area contributed by atoms with Gasteiger partial charge in [-0.3, -0.25) is 14.7 Å². The zero-order chi connectivity index (χ0) is 21.1. The number of fused-ring (bicyclic) bond motifs is 1. The Balaban J connectivity index is 1.81. The summed E-state index contributed by atoms with van der Waals surface area (Å²) < 4.78 is 21.3. The molecule has 0 saturated heterocycles. The molecule has 0 saturated carbocycles. The first-order valence-corrected chi connectivity index (χ1v) is 9.48.